The quantitative estimate of drug-likeness (QED) is 0.545. The van der Waals surface area contributed by atoms with Crippen molar-refractivity contribution in [2.24, 2.45) is 7.05 Å². The van der Waals surface area contributed by atoms with E-state index < -0.39 is 23.6 Å². The zero-order valence-electron chi connectivity index (χ0n) is 15.5. The number of carbonyl (C=O) groups excluding carboxylic acids is 1. The van der Waals surface area contributed by atoms with Gasteiger partial charge in [0.15, 0.2) is 17.1 Å². The minimum atomic E-state index is -0.838. The molecule has 0 aliphatic carbocycles. The highest BCUT2D eigenvalue weighted by molar-refractivity contribution is 7.99. The van der Waals surface area contributed by atoms with Gasteiger partial charge in [-0.25, -0.2) is 8.78 Å². The van der Waals surface area contributed by atoms with E-state index in [1.807, 2.05) is 13.0 Å². The second kappa shape index (κ2) is 9.23. The summed E-state index contributed by atoms with van der Waals surface area (Å²) in [6, 6.07) is 10.0. The second-order valence-electron chi connectivity index (χ2n) is 6.05. The highest BCUT2D eigenvalue weighted by atomic mass is 35.5. The van der Waals surface area contributed by atoms with Gasteiger partial charge in [-0.1, -0.05) is 35.5 Å². The van der Waals surface area contributed by atoms with Crippen molar-refractivity contribution in [3.05, 3.63) is 64.9 Å². The smallest absolute Gasteiger partial charge is 0.234 e. The van der Waals surface area contributed by atoms with Crippen molar-refractivity contribution in [3.63, 3.8) is 0 Å². The Balaban J connectivity index is 1.60. The van der Waals surface area contributed by atoms with Gasteiger partial charge in [-0.3, -0.25) is 4.79 Å². The Morgan fingerprint density at radius 2 is 2.03 bits per heavy atom. The Morgan fingerprint density at radius 3 is 2.76 bits per heavy atom. The van der Waals surface area contributed by atoms with E-state index in [1.165, 1.54) is 6.07 Å². The van der Waals surface area contributed by atoms with Crippen molar-refractivity contribution >= 4 is 35.0 Å². The molecule has 3 rings (SSSR count). The molecule has 0 fully saturated rings. The summed E-state index contributed by atoms with van der Waals surface area (Å²) in [7, 11) is 1.75. The Kier molecular flexibility index (Phi) is 6.71. The van der Waals surface area contributed by atoms with Crippen molar-refractivity contribution in [2.45, 2.75) is 18.2 Å². The van der Waals surface area contributed by atoms with E-state index in [0.29, 0.717) is 27.8 Å². The first kappa shape index (κ1) is 21.1. The Morgan fingerprint density at radius 1 is 1.28 bits per heavy atom. The molecule has 1 amide bonds. The fourth-order valence-corrected chi connectivity index (χ4v) is 3.39. The van der Waals surface area contributed by atoms with Crippen molar-refractivity contribution in [3.8, 4) is 5.75 Å². The van der Waals surface area contributed by atoms with Gasteiger partial charge in [0.05, 0.1) is 16.5 Å². The van der Waals surface area contributed by atoms with Crippen LogP contribution in [-0.4, -0.2) is 26.4 Å². The number of nitrogens with zero attached hydrogens (tertiary/aromatic N) is 3. The van der Waals surface area contributed by atoms with Gasteiger partial charge >= 0.3 is 0 Å². The van der Waals surface area contributed by atoms with Gasteiger partial charge in [-0.15, -0.1) is 10.2 Å². The number of amides is 1. The number of carbonyl (C=O) groups is 1. The van der Waals surface area contributed by atoms with Gasteiger partial charge in [0.1, 0.15) is 17.4 Å². The zero-order valence-corrected chi connectivity index (χ0v) is 17.1. The summed E-state index contributed by atoms with van der Waals surface area (Å²) in [5.41, 5.74) is -0.0857. The number of hydrogen-bond donors (Lipinski definition) is 1. The van der Waals surface area contributed by atoms with E-state index >= 15 is 0 Å². The summed E-state index contributed by atoms with van der Waals surface area (Å²) in [6.45, 7) is 1.81. The molecule has 0 saturated carbocycles. The molecule has 10 heteroatoms. The van der Waals surface area contributed by atoms with Gasteiger partial charge in [0.2, 0.25) is 5.91 Å². The number of thioether (sulfide) groups is 1. The zero-order chi connectivity index (χ0) is 21.0. The third kappa shape index (κ3) is 5.24. The van der Waals surface area contributed by atoms with Crippen molar-refractivity contribution < 1.29 is 18.3 Å². The number of benzene rings is 2. The lowest BCUT2D eigenvalue weighted by Crippen LogP contribution is -2.16. The van der Waals surface area contributed by atoms with Crippen LogP contribution in [0.2, 0.25) is 5.02 Å². The van der Waals surface area contributed by atoms with Crippen LogP contribution in [0.4, 0.5) is 14.5 Å². The molecule has 0 radical (unpaired) electrons. The van der Waals surface area contributed by atoms with Crippen molar-refractivity contribution in [1.82, 2.24) is 14.8 Å². The van der Waals surface area contributed by atoms with Gasteiger partial charge in [0.25, 0.3) is 0 Å². The lowest BCUT2D eigenvalue weighted by atomic mass is 10.3. The number of nitrogens with one attached hydrogen (secondary N) is 1. The Hall–Kier alpha value is -2.65. The number of aromatic nitrogens is 3. The maximum Gasteiger partial charge on any atom is 0.234 e. The van der Waals surface area contributed by atoms with Crippen LogP contribution in [0, 0.1) is 11.6 Å². The maximum atomic E-state index is 13.6. The first-order valence-electron chi connectivity index (χ1n) is 8.53. The molecule has 6 nitrogen and oxygen atoms in total. The van der Waals surface area contributed by atoms with Crippen LogP contribution < -0.4 is 10.1 Å². The van der Waals surface area contributed by atoms with Gasteiger partial charge in [-0.05, 0) is 31.2 Å². The Labute approximate surface area is 175 Å². The summed E-state index contributed by atoms with van der Waals surface area (Å²) in [5.74, 6) is -0.949. The standard InChI is InChI=1S/C19H17ClF2N4O2S/c1-11(28-16-6-4-3-5-13(16)20)18-24-25-19(26(18)2)29-10-17(27)23-15-8-7-12(21)9-14(15)22/h3-9,11H,10H2,1-2H3,(H,23,27). The number of halogens is 3. The van der Waals surface area contributed by atoms with Gasteiger partial charge in [-0.2, -0.15) is 0 Å². The number of rotatable bonds is 7. The summed E-state index contributed by atoms with van der Waals surface area (Å²) in [6.07, 6.45) is -0.427. The molecule has 0 aliphatic heterocycles. The largest absolute Gasteiger partial charge is 0.481 e. The Bertz CT molecular complexity index is 1030. The van der Waals surface area contributed by atoms with Gasteiger partial charge in [0, 0.05) is 13.1 Å². The summed E-state index contributed by atoms with van der Waals surface area (Å²) in [5, 5.41) is 11.6. The topological polar surface area (TPSA) is 69.0 Å². The molecule has 29 heavy (non-hydrogen) atoms. The first-order chi connectivity index (χ1) is 13.8. The summed E-state index contributed by atoms with van der Waals surface area (Å²) < 4.78 is 34.1. The van der Waals surface area contributed by atoms with Crippen LogP contribution in [0.25, 0.3) is 0 Å². The average Bonchev–Trinajstić information content (AvgIpc) is 3.05. The van der Waals surface area contributed by atoms with E-state index in [1.54, 1.807) is 29.8 Å². The van der Waals surface area contributed by atoms with Crippen LogP contribution in [0.1, 0.15) is 18.9 Å². The van der Waals surface area contributed by atoms with E-state index in [9.17, 15) is 13.6 Å². The van der Waals surface area contributed by atoms with Crippen LogP contribution in [0.15, 0.2) is 47.6 Å². The van der Waals surface area contributed by atoms with E-state index in [2.05, 4.69) is 15.5 Å². The lowest BCUT2D eigenvalue weighted by Gasteiger charge is -2.15. The monoisotopic (exact) mass is 438 g/mol. The maximum absolute atomic E-state index is 13.6. The second-order valence-corrected chi connectivity index (χ2v) is 7.40. The molecule has 0 spiro atoms. The summed E-state index contributed by atoms with van der Waals surface area (Å²) in [4.78, 5) is 12.1. The summed E-state index contributed by atoms with van der Waals surface area (Å²) >= 11 is 7.24. The van der Waals surface area contributed by atoms with Crippen LogP contribution >= 0.6 is 23.4 Å². The fourth-order valence-electron chi connectivity index (χ4n) is 2.50. The minimum absolute atomic E-state index is 0.0253. The lowest BCUT2D eigenvalue weighted by molar-refractivity contribution is -0.113. The van der Waals surface area contributed by atoms with E-state index in [0.717, 1.165) is 17.8 Å². The predicted molar refractivity (Wildman–Crippen MR) is 107 cm³/mol. The van der Waals surface area contributed by atoms with Crippen LogP contribution in [0.3, 0.4) is 0 Å². The number of ether oxygens (including phenoxy) is 1. The molecule has 2 aromatic carbocycles. The molecule has 0 bridgehead atoms. The average molecular weight is 439 g/mol. The third-order valence-corrected chi connectivity index (χ3v) is 5.24. The fraction of sp³-hybridized carbons (Fsp3) is 0.211. The van der Waals surface area contributed by atoms with Crippen molar-refractivity contribution in [1.29, 1.82) is 0 Å². The van der Waals surface area contributed by atoms with Crippen LogP contribution in [-0.2, 0) is 11.8 Å². The molecule has 1 atom stereocenters. The minimum Gasteiger partial charge on any atom is -0.481 e. The first-order valence-corrected chi connectivity index (χ1v) is 9.89. The molecule has 3 aromatic rings. The third-order valence-electron chi connectivity index (χ3n) is 3.91. The normalized spacial score (nSPS) is 11.9. The molecule has 1 heterocycles. The molecular weight excluding hydrogens is 422 g/mol. The molecule has 152 valence electrons. The predicted octanol–water partition coefficient (Wildman–Crippen LogP) is 4.62. The number of hydrogen-bond acceptors (Lipinski definition) is 5. The van der Waals surface area contributed by atoms with Crippen LogP contribution in [0.5, 0.6) is 5.75 Å². The van der Waals surface area contributed by atoms with Crippen molar-refractivity contribution in [2.75, 3.05) is 11.1 Å². The van der Waals surface area contributed by atoms with Gasteiger partial charge < -0.3 is 14.6 Å². The SMILES string of the molecule is CC(Oc1ccccc1Cl)c1nnc(SCC(=O)Nc2ccc(F)cc2F)n1C. The highest BCUT2D eigenvalue weighted by Gasteiger charge is 2.19. The molecule has 0 aliphatic rings. The molecule has 1 N–H and O–H groups in total. The molecule has 1 aromatic heterocycles. The number of para-hydroxylation sites is 1. The molecule has 0 saturated heterocycles. The van der Waals surface area contributed by atoms with E-state index in [-0.39, 0.29) is 11.4 Å². The number of anilines is 1. The highest BCUT2D eigenvalue weighted by Crippen LogP contribution is 2.29. The molecular formula is C19H17ClF2N4O2S. The van der Waals surface area contributed by atoms with E-state index in [4.69, 9.17) is 16.3 Å². The molecule has 1 unspecified atom stereocenters.